The van der Waals surface area contributed by atoms with Crippen LogP contribution < -0.4 is 15.4 Å². The number of unbranched alkanes of at least 4 members (excludes halogenated alkanes) is 1. The minimum absolute atomic E-state index is 0.102. The number of carbonyl (C=O) groups excluding carboxylic acids is 1. The summed E-state index contributed by atoms with van der Waals surface area (Å²) in [5.41, 5.74) is 2.71. The van der Waals surface area contributed by atoms with E-state index in [1.165, 1.54) is 19.2 Å². The van der Waals surface area contributed by atoms with Gasteiger partial charge in [-0.2, -0.15) is 4.72 Å². The molecule has 0 aromatic heterocycles. The average molecular weight is 498 g/mol. The van der Waals surface area contributed by atoms with Crippen molar-refractivity contribution < 1.29 is 17.9 Å². The molecule has 0 radical (unpaired) electrons. The van der Waals surface area contributed by atoms with Crippen molar-refractivity contribution in [1.82, 2.24) is 10.0 Å². The van der Waals surface area contributed by atoms with E-state index in [-0.39, 0.29) is 4.90 Å². The summed E-state index contributed by atoms with van der Waals surface area (Å²) < 4.78 is 32.4. The molecule has 7 nitrogen and oxygen atoms in total. The summed E-state index contributed by atoms with van der Waals surface area (Å²) in [5, 5.41) is 7.13. The predicted molar refractivity (Wildman–Crippen MR) is 132 cm³/mol. The molecular formula is C22H28ClN3O4S2. The van der Waals surface area contributed by atoms with Gasteiger partial charge in [0.25, 0.3) is 0 Å². The number of methoxy groups -OCH3 is 1. The molecule has 174 valence electrons. The molecule has 0 aliphatic heterocycles. The Hall–Kier alpha value is -2.20. The molecule has 0 aliphatic carbocycles. The Bertz CT molecular complexity index is 1040. The molecule has 0 bridgehead atoms. The van der Waals surface area contributed by atoms with Crippen molar-refractivity contribution in [2.45, 2.75) is 44.0 Å². The Morgan fingerprint density at radius 2 is 1.75 bits per heavy atom. The standard InChI is InChI=1S/C22H28ClN3O4S2/c1-15-7-10-17(11-8-15)32(28,29)26-20(21(27)30-3)6-4-5-13-24-22(31)25-19-12-9-16(2)14-18(19)23/h7-12,14,20,26H,4-6,13H2,1-3H3,(H2,24,25,31). The number of esters is 1. The maximum absolute atomic E-state index is 12.6. The Morgan fingerprint density at radius 1 is 1.09 bits per heavy atom. The fourth-order valence-electron chi connectivity index (χ4n) is 2.90. The van der Waals surface area contributed by atoms with E-state index in [4.69, 9.17) is 28.6 Å². The topological polar surface area (TPSA) is 96.5 Å². The second-order valence-electron chi connectivity index (χ2n) is 7.37. The van der Waals surface area contributed by atoms with Gasteiger partial charge in [0.2, 0.25) is 10.0 Å². The van der Waals surface area contributed by atoms with Crippen LogP contribution in [0.3, 0.4) is 0 Å². The smallest absolute Gasteiger partial charge is 0.323 e. The summed E-state index contributed by atoms with van der Waals surface area (Å²) in [4.78, 5) is 12.2. The number of thiocarbonyl (C=S) groups is 1. The number of ether oxygens (including phenoxy) is 1. The fourth-order valence-corrected chi connectivity index (χ4v) is 4.62. The lowest BCUT2D eigenvalue weighted by atomic mass is 10.1. The number of nitrogens with one attached hydrogen (secondary N) is 3. The fraction of sp³-hybridized carbons (Fsp3) is 0.364. The SMILES string of the molecule is COC(=O)C(CCCCNC(=S)Nc1ccc(C)cc1Cl)NS(=O)(=O)c1ccc(C)cc1. The van der Waals surface area contributed by atoms with E-state index in [9.17, 15) is 13.2 Å². The van der Waals surface area contributed by atoms with Crippen molar-refractivity contribution in [2.24, 2.45) is 0 Å². The molecule has 0 spiro atoms. The minimum atomic E-state index is -3.84. The Kier molecular flexibility index (Phi) is 9.89. The monoisotopic (exact) mass is 497 g/mol. The van der Waals surface area contributed by atoms with Crippen LogP contribution in [0.5, 0.6) is 0 Å². The number of carbonyl (C=O) groups is 1. The second-order valence-corrected chi connectivity index (χ2v) is 9.90. The molecule has 2 aromatic carbocycles. The molecule has 3 N–H and O–H groups in total. The molecule has 0 aliphatic rings. The summed E-state index contributed by atoms with van der Waals surface area (Å²) in [7, 11) is -2.61. The van der Waals surface area contributed by atoms with Gasteiger partial charge in [0.05, 0.1) is 22.7 Å². The van der Waals surface area contributed by atoms with E-state index in [1.807, 2.05) is 32.0 Å². The van der Waals surface area contributed by atoms with Crippen LogP contribution in [0.25, 0.3) is 0 Å². The zero-order valence-corrected chi connectivity index (χ0v) is 20.7. The summed E-state index contributed by atoms with van der Waals surface area (Å²) in [6, 6.07) is 11.1. The van der Waals surface area contributed by atoms with Gasteiger partial charge in [-0.25, -0.2) is 8.42 Å². The van der Waals surface area contributed by atoms with Crippen LogP contribution in [0.4, 0.5) is 5.69 Å². The highest BCUT2D eigenvalue weighted by atomic mass is 35.5. The average Bonchev–Trinajstić information content (AvgIpc) is 2.74. The maximum Gasteiger partial charge on any atom is 0.323 e. The van der Waals surface area contributed by atoms with E-state index in [0.717, 1.165) is 11.1 Å². The van der Waals surface area contributed by atoms with Gasteiger partial charge in [-0.3, -0.25) is 4.79 Å². The Balaban J connectivity index is 1.83. The zero-order chi connectivity index (χ0) is 23.7. The highest BCUT2D eigenvalue weighted by Crippen LogP contribution is 2.22. The number of rotatable bonds is 10. The molecular weight excluding hydrogens is 470 g/mol. The number of anilines is 1. The van der Waals surface area contributed by atoms with Crippen molar-refractivity contribution in [3.63, 3.8) is 0 Å². The minimum Gasteiger partial charge on any atom is -0.468 e. The quantitative estimate of drug-likeness (QED) is 0.260. The molecule has 2 aromatic rings. The van der Waals surface area contributed by atoms with Crippen LogP contribution >= 0.6 is 23.8 Å². The first-order valence-corrected chi connectivity index (χ1v) is 12.4. The molecule has 32 heavy (non-hydrogen) atoms. The van der Waals surface area contributed by atoms with Gasteiger partial charge in [0.15, 0.2) is 5.11 Å². The third kappa shape index (κ3) is 8.05. The zero-order valence-electron chi connectivity index (χ0n) is 18.3. The molecule has 1 unspecified atom stereocenters. The van der Waals surface area contributed by atoms with Gasteiger partial charge in [-0.05, 0) is 75.2 Å². The largest absolute Gasteiger partial charge is 0.468 e. The summed E-state index contributed by atoms with van der Waals surface area (Å²) in [6.07, 6.45) is 1.55. The lowest BCUT2D eigenvalue weighted by Crippen LogP contribution is -2.41. The number of hydrogen-bond donors (Lipinski definition) is 3. The first-order chi connectivity index (χ1) is 15.1. The third-order valence-corrected chi connectivity index (χ3v) is 6.74. The number of benzene rings is 2. The van der Waals surface area contributed by atoms with Crippen LogP contribution in [0, 0.1) is 13.8 Å². The lowest BCUT2D eigenvalue weighted by Gasteiger charge is -2.17. The van der Waals surface area contributed by atoms with Gasteiger partial charge in [0.1, 0.15) is 6.04 Å². The van der Waals surface area contributed by atoms with Crippen LogP contribution in [0.2, 0.25) is 5.02 Å². The van der Waals surface area contributed by atoms with Crippen LogP contribution in [-0.2, 0) is 19.6 Å². The highest BCUT2D eigenvalue weighted by Gasteiger charge is 2.26. The van der Waals surface area contributed by atoms with Crippen LogP contribution in [0.15, 0.2) is 47.4 Å². The lowest BCUT2D eigenvalue weighted by molar-refractivity contribution is -0.142. The van der Waals surface area contributed by atoms with Gasteiger partial charge >= 0.3 is 5.97 Å². The van der Waals surface area contributed by atoms with E-state index < -0.39 is 22.0 Å². The van der Waals surface area contributed by atoms with E-state index >= 15 is 0 Å². The van der Waals surface area contributed by atoms with Crippen molar-refractivity contribution in [1.29, 1.82) is 0 Å². The molecule has 0 saturated carbocycles. The van der Waals surface area contributed by atoms with E-state index in [1.54, 1.807) is 12.1 Å². The normalized spacial score (nSPS) is 12.1. The van der Waals surface area contributed by atoms with Crippen molar-refractivity contribution in [3.05, 3.63) is 58.6 Å². The van der Waals surface area contributed by atoms with Crippen LogP contribution in [0.1, 0.15) is 30.4 Å². The van der Waals surface area contributed by atoms with Crippen molar-refractivity contribution >= 4 is 50.6 Å². The maximum atomic E-state index is 12.6. The molecule has 0 fully saturated rings. The molecule has 0 saturated heterocycles. The predicted octanol–water partition coefficient (Wildman–Crippen LogP) is 3.93. The molecule has 10 heteroatoms. The number of hydrogen-bond acceptors (Lipinski definition) is 5. The number of sulfonamides is 1. The third-order valence-electron chi connectivity index (χ3n) is 4.69. The molecule has 0 amide bonds. The van der Waals surface area contributed by atoms with Crippen LogP contribution in [-0.4, -0.2) is 39.2 Å². The molecule has 0 heterocycles. The van der Waals surface area contributed by atoms with Gasteiger partial charge in [-0.15, -0.1) is 0 Å². The first-order valence-electron chi connectivity index (χ1n) is 10.1. The summed E-state index contributed by atoms with van der Waals surface area (Å²) in [6.45, 7) is 4.37. The Morgan fingerprint density at radius 3 is 2.38 bits per heavy atom. The number of halogens is 1. The van der Waals surface area contributed by atoms with Crippen molar-refractivity contribution in [2.75, 3.05) is 19.0 Å². The first kappa shape index (κ1) is 26.1. The molecule has 1 atom stereocenters. The second kappa shape index (κ2) is 12.2. The molecule has 2 rings (SSSR count). The van der Waals surface area contributed by atoms with Gasteiger partial charge < -0.3 is 15.4 Å². The van der Waals surface area contributed by atoms with E-state index in [2.05, 4.69) is 15.4 Å². The summed E-state index contributed by atoms with van der Waals surface area (Å²) in [5.74, 6) is -0.625. The highest BCUT2D eigenvalue weighted by molar-refractivity contribution is 7.89. The van der Waals surface area contributed by atoms with Crippen molar-refractivity contribution in [3.8, 4) is 0 Å². The van der Waals surface area contributed by atoms with E-state index in [0.29, 0.717) is 41.6 Å². The van der Waals surface area contributed by atoms with Gasteiger partial charge in [0, 0.05) is 6.54 Å². The summed E-state index contributed by atoms with van der Waals surface area (Å²) >= 11 is 11.5. The van der Waals surface area contributed by atoms with Gasteiger partial charge in [-0.1, -0.05) is 35.4 Å². The Labute approximate surface area is 199 Å². The number of aryl methyl sites for hydroxylation is 2.